The zero-order valence-corrected chi connectivity index (χ0v) is 13.2. The summed E-state index contributed by atoms with van der Waals surface area (Å²) in [7, 11) is 0. The summed E-state index contributed by atoms with van der Waals surface area (Å²) in [6.45, 7) is 4.45. The van der Waals surface area contributed by atoms with Crippen molar-refractivity contribution in [3.05, 3.63) is 63.6 Å². The Kier molecular flexibility index (Phi) is 4.96. The van der Waals surface area contributed by atoms with E-state index in [1.54, 1.807) is 0 Å². The van der Waals surface area contributed by atoms with Crippen LogP contribution < -0.4 is 4.74 Å². The molecular weight excluding hydrogens is 316 g/mol. The maximum absolute atomic E-state index is 12.5. The number of halogens is 1. The fourth-order valence-corrected chi connectivity index (χ4v) is 2.52. The predicted octanol–water partition coefficient (Wildman–Crippen LogP) is 4.58. The van der Waals surface area contributed by atoms with Gasteiger partial charge in [0.1, 0.15) is 5.75 Å². The quantitative estimate of drug-likeness (QED) is 0.749. The average molecular weight is 333 g/mol. The van der Waals surface area contributed by atoms with E-state index < -0.39 is 0 Å². The molecule has 0 unspecified atom stereocenters. The van der Waals surface area contributed by atoms with E-state index in [0.29, 0.717) is 24.3 Å². The molecule has 0 spiro atoms. The van der Waals surface area contributed by atoms with Gasteiger partial charge in [0.05, 0.1) is 12.2 Å². The van der Waals surface area contributed by atoms with Crippen molar-refractivity contribution in [1.82, 2.24) is 0 Å². The molecule has 0 radical (unpaired) electrons. The van der Waals surface area contributed by atoms with Gasteiger partial charge in [0.2, 0.25) is 0 Å². The molecule has 0 atom stereocenters. The van der Waals surface area contributed by atoms with E-state index in [9.17, 15) is 4.79 Å². The summed E-state index contributed by atoms with van der Waals surface area (Å²) in [4.78, 5) is 12.5. The lowest BCUT2D eigenvalue weighted by Crippen LogP contribution is -2.07. The van der Waals surface area contributed by atoms with E-state index in [1.165, 1.54) is 0 Å². The summed E-state index contributed by atoms with van der Waals surface area (Å²) >= 11 is 3.42. The van der Waals surface area contributed by atoms with Crippen molar-refractivity contribution in [2.45, 2.75) is 20.3 Å². The van der Waals surface area contributed by atoms with Crippen LogP contribution in [0.15, 0.2) is 46.9 Å². The van der Waals surface area contributed by atoms with Gasteiger partial charge in [0, 0.05) is 10.9 Å². The third-order valence-corrected chi connectivity index (χ3v) is 3.48. The van der Waals surface area contributed by atoms with Crippen molar-refractivity contribution < 1.29 is 9.53 Å². The molecule has 2 rings (SSSR count). The van der Waals surface area contributed by atoms with Gasteiger partial charge in [-0.15, -0.1) is 0 Å². The van der Waals surface area contributed by atoms with Gasteiger partial charge in [0.15, 0.2) is 5.78 Å². The van der Waals surface area contributed by atoms with Crippen molar-refractivity contribution in [3.8, 4) is 5.75 Å². The number of carbonyl (C=O) groups excluding carboxylic acids is 1. The second-order valence-electron chi connectivity index (χ2n) is 4.66. The van der Waals surface area contributed by atoms with E-state index in [0.717, 1.165) is 15.6 Å². The van der Waals surface area contributed by atoms with Crippen LogP contribution in [-0.4, -0.2) is 12.4 Å². The van der Waals surface area contributed by atoms with Crippen molar-refractivity contribution in [3.63, 3.8) is 0 Å². The number of hydrogen-bond acceptors (Lipinski definition) is 2. The number of aryl methyl sites for hydroxylation is 1. The Bertz CT molecular complexity index is 620. The monoisotopic (exact) mass is 332 g/mol. The molecule has 104 valence electrons. The van der Waals surface area contributed by atoms with Gasteiger partial charge in [-0.25, -0.2) is 0 Å². The second-order valence-corrected chi connectivity index (χ2v) is 5.58. The molecule has 0 N–H and O–H groups in total. The first-order chi connectivity index (χ1) is 9.60. The Hall–Kier alpha value is -1.61. The maximum atomic E-state index is 12.5. The van der Waals surface area contributed by atoms with Crippen LogP contribution in [0.1, 0.15) is 28.4 Å². The molecule has 2 aromatic carbocycles. The van der Waals surface area contributed by atoms with Gasteiger partial charge < -0.3 is 4.74 Å². The van der Waals surface area contributed by atoms with E-state index in [1.807, 2.05) is 56.3 Å². The van der Waals surface area contributed by atoms with Crippen LogP contribution in [0.4, 0.5) is 0 Å². The zero-order chi connectivity index (χ0) is 14.5. The van der Waals surface area contributed by atoms with Crippen LogP contribution in [0, 0.1) is 6.92 Å². The molecule has 0 aliphatic rings. The molecule has 20 heavy (non-hydrogen) atoms. The topological polar surface area (TPSA) is 26.3 Å². The van der Waals surface area contributed by atoms with Gasteiger partial charge in [0.25, 0.3) is 0 Å². The standard InChI is InChI=1S/C17H17BrO2/c1-3-20-17-8-7-12(2)9-15(17)16(19)11-13-5-4-6-14(18)10-13/h4-10H,3,11H2,1-2H3. The lowest BCUT2D eigenvalue weighted by atomic mass is 10.0. The zero-order valence-electron chi connectivity index (χ0n) is 11.7. The third-order valence-electron chi connectivity index (χ3n) is 2.99. The first-order valence-corrected chi connectivity index (χ1v) is 7.40. The van der Waals surface area contributed by atoms with E-state index in [-0.39, 0.29) is 5.78 Å². The highest BCUT2D eigenvalue weighted by atomic mass is 79.9. The Morgan fingerprint density at radius 1 is 1.20 bits per heavy atom. The molecule has 0 fully saturated rings. The molecule has 0 aliphatic carbocycles. The lowest BCUT2D eigenvalue weighted by Gasteiger charge is -2.10. The van der Waals surface area contributed by atoms with Crippen molar-refractivity contribution in [2.75, 3.05) is 6.61 Å². The van der Waals surface area contributed by atoms with Crippen LogP contribution in [0.2, 0.25) is 0 Å². The van der Waals surface area contributed by atoms with E-state index in [2.05, 4.69) is 15.9 Å². The number of ketones is 1. The summed E-state index contributed by atoms with van der Waals surface area (Å²) < 4.78 is 6.53. The fraction of sp³-hybridized carbons (Fsp3) is 0.235. The number of ether oxygens (including phenoxy) is 1. The van der Waals surface area contributed by atoms with E-state index in [4.69, 9.17) is 4.74 Å². The predicted molar refractivity (Wildman–Crippen MR) is 84.5 cm³/mol. The molecule has 3 heteroatoms. The lowest BCUT2D eigenvalue weighted by molar-refractivity contribution is 0.0989. The van der Waals surface area contributed by atoms with Crippen molar-refractivity contribution in [2.24, 2.45) is 0 Å². The number of carbonyl (C=O) groups is 1. The minimum Gasteiger partial charge on any atom is -0.493 e. The Labute approximate surface area is 127 Å². The maximum Gasteiger partial charge on any atom is 0.170 e. The van der Waals surface area contributed by atoms with Gasteiger partial charge in [-0.2, -0.15) is 0 Å². The number of Topliss-reactive ketones (excluding diaryl/α,β-unsaturated/α-hetero) is 1. The van der Waals surface area contributed by atoms with Gasteiger partial charge >= 0.3 is 0 Å². The molecule has 0 aliphatic heterocycles. The SMILES string of the molecule is CCOc1ccc(C)cc1C(=O)Cc1cccc(Br)c1. The average Bonchev–Trinajstić information content (AvgIpc) is 2.41. The van der Waals surface area contributed by atoms with E-state index >= 15 is 0 Å². The molecule has 0 saturated heterocycles. The molecule has 0 aromatic heterocycles. The highest BCUT2D eigenvalue weighted by molar-refractivity contribution is 9.10. The molecule has 0 bridgehead atoms. The first-order valence-electron chi connectivity index (χ1n) is 6.61. The molecule has 0 amide bonds. The normalized spacial score (nSPS) is 10.3. The second kappa shape index (κ2) is 6.71. The Morgan fingerprint density at radius 2 is 2.00 bits per heavy atom. The van der Waals surface area contributed by atoms with Gasteiger partial charge in [-0.3, -0.25) is 4.79 Å². The summed E-state index contributed by atoms with van der Waals surface area (Å²) in [5.41, 5.74) is 2.71. The largest absolute Gasteiger partial charge is 0.493 e. The van der Waals surface area contributed by atoms with Gasteiger partial charge in [-0.05, 0) is 43.7 Å². The molecule has 0 saturated carbocycles. The van der Waals surface area contributed by atoms with Crippen LogP contribution in [0.25, 0.3) is 0 Å². The van der Waals surface area contributed by atoms with Crippen LogP contribution in [0.3, 0.4) is 0 Å². The van der Waals surface area contributed by atoms with Crippen LogP contribution in [0.5, 0.6) is 5.75 Å². The third kappa shape index (κ3) is 3.70. The fourth-order valence-electron chi connectivity index (χ4n) is 2.07. The van der Waals surface area contributed by atoms with Crippen LogP contribution >= 0.6 is 15.9 Å². The number of hydrogen-bond donors (Lipinski definition) is 0. The molecule has 2 nitrogen and oxygen atoms in total. The molecule has 2 aromatic rings. The smallest absolute Gasteiger partial charge is 0.170 e. The number of rotatable bonds is 5. The summed E-state index contributed by atoms with van der Waals surface area (Å²) in [5.74, 6) is 0.744. The summed E-state index contributed by atoms with van der Waals surface area (Å²) in [6, 6.07) is 13.5. The molecule has 0 heterocycles. The Morgan fingerprint density at radius 3 is 2.70 bits per heavy atom. The highest BCUT2D eigenvalue weighted by Gasteiger charge is 2.13. The van der Waals surface area contributed by atoms with Crippen LogP contribution in [-0.2, 0) is 6.42 Å². The first kappa shape index (κ1) is 14.8. The van der Waals surface area contributed by atoms with Gasteiger partial charge in [-0.1, -0.05) is 39.7 Å². The summed E-state index contributed by atoms with van der Waals surface area (Å²) in [5, 5.41) is 0. The minimum absolute atomic E-state index is 0.0789. The minimum atomic E-state index is 0.0789. The molecular formula is C17H17BrO2. The Balaban J connectivity index is 2.26. The van der Waals surface area contributed by atoms with Crippen molar-refractivity contribution in [1.29, 1.82) is 0 Å². The highest BCUT2D eigenvalue weighted by Crippen LogP contribution is 2.22. The van der Waals surface area contributed by atoms with Crippen molar-refractivity contribution >= 4 is 21.7 Å². The number of benzene rings is 2. The summed E-state index contributed by atoms with van der Waals surface area (Å²) in [6.07, 6.45) is 0.378.